The number of carbonyl (C=O) groups excluding carboxylic acids is 1. The van der Waals surface area contributed by atoms with Gasteiger partial charge in [0.2, 0.25) is 0 Å². The van der Waals surface area contributed by atoms with Crippen LogP contribution in [-0.4, -0.2) is 36.7 Å². The van der Waals surface area contributed by atoms with Crippen LogP contribution in [0.25, 0.3) is 0 Å². The number of rotatable bonds is 8. The molecule has 0 aromatic rings. The monoisotopic (exact) mass is 229 g/mol. The van der Waals surface area contributed by atoms with Gasteiger partial charge in [-0.1, -0.05) is 5.92 Å². The lowest BCUT2D eigenvalue weighted by molar-refractivity contribution is -0.143. The van der Waals surface area contributed by atoms with Gasteiger partial charge in [0.1, 0.15) is 0 Å². The van der Waals surface area contributed by atoms with Crippen molar-refractivity contribution in [2.24, 2.45) is 0 Å². The molecule has 0 aromatic carbocycles. The third kappa shape index (κ3) is 9.64. The molecule has 0 bridgehead atoms. The summed E-state index contributed by atoms with van der Waals surface area (Å²) in [7, 11) is 0. The number of terminal acetylenes is 1. The maximum absolute atomic E-state index is 11.1. The summed E-state index contributed by atoms with van der Waals surface area (Å²) in [6.07, 6.45) is 5.54. The van der Waals surface area contributed by atoms with Crippen molar-refractivity contribution in [3.05, 3.63) is 0 Å². The molecule has 0 heterocycles. The second-order valence-corrected chi connectivity index (χ2v) is 4.23. The number of carbonyl (C=O) groups is 1. The minimum atomic E-state index is -0.145. The summed E-state index contributed by atoms with van der Waals surface area (Å²) in [5.41, 5.74) is 0. The average molecular weight is 229 g/mol. The summed E-state index contributed by atoms with van der Waals surface area (Å²) in [4.78, 5) is 11.1. The Morgan fingerprint density at radius 2 is 2.40 bits per heavy atom. The molecule has 3 nitrogen and oxygen atoms in total. The highest BCUT2D eigenvalue weighted by Crippen LogP contribution is 1.98. The van der Waals surface area contributed by atoms with Crippen molar-refractivity contribution in [2.45, 2.75) is 26.3 Å². The van der Waals surface area contributed by atoms with E-state index in [-0.39, 0.29) is 12.0 Å². The van der Waals surface area contributed by atoms with Crippen LogP contribution in [0.2, 0.25) is 0 Å². The van der Waals surface area contributed by atoms with Gasteiger partial charge in [0.25, 0.3) is 0 Å². The second-order valence-electron chi connectivity index (χ2n) is 3.12. The van der Waals surface area contributed by atoms with Crippen LogP contribution in [0, 0.1) is 12.3 Å². The first-order valence-electron chi connectivity index (χ1n) is 5.10. The first-order chi connectivity index (χ1) is 7.20. The maximum atomic E-state index is 11.1. The first-order valence-corrected chi connectivity index (χ1v) is 6.26. The average Bonchev–Trinajstić information content (AvgIpc) is 2.17. The van der Waals surface area contributed by atoms with Gasteiger partial charge in [0, 0.05) is 18.3 Å². The van der Waals surface area contributed by atoms with Crippen LogP contribution in [0.5, 0.6) is 0 Å². The fraction of sp³-hybridized carbons (Fsp3) is 0.727. The van der Waals surface area contributed by atoms with Crippen LogP contribution < -0.4 is 5.32 Å². The fourth-order valence-corrected chi connectivity index (χ4v) is 1.58. The van der Waals surface area contributed by atoms with Crippen LogP contribution >= 0.6 is 11.8 Å². The molecule has 0 fully saturated rings. The molecule has 0 aliphatic carbocycles. The molecule has 86 valence electrons. The van der Waals surface area contributed by atoms with Crippen molar-refractivity contribution in [3.63, 3.8) is 0 Å². The largest absolute Gasteiger partial charge is 0.466 e. The number of esters is 1. The molecule has 0 saturated heterocycles. The molecule has 15 heavy (non-hydrogen) atoms. The Hall–Kier alpha value is -0.660. The summed E-state index contributed by atoms with van der Waals surface area (Å²) >= 11 is 1.71. The van der Waals surface area contributed by atoms with Crippen LogP contribution in [0.4, 0.5) is 0 Å². The van der Waals surface area contributed by atoms with E-state index in [0.29, 0.717) is 13.0 Å². The molecule has 0 radical (unpaired) electrons. The fourth-order valence-electron chi connectivity index (χ4n) is 1.05. The molecular weight excluding hydrogens is 210 g/mol. The Bertz CT molecular complexity index is 213. The Morgan fingerprint density at radius 1 is 1.67 bits per heavy atom. The number of hydrogen-bond donors (Lipinski definition) is 1. The molecule has 1 unspecified atom stereocenters. The van der Waals surface area contributed by atoms with Crippen LogP contribution in [-0.2, 0) is 9.53 Å². The Balaban J connectivity index is 3.37. The van der Waals surface area contributed by atoms with Gasteiger partial charge >= 0.3 is 5.97 Å². The van der Waals surface area contributed by atoms with E-state index in [1.807, 2.05) is 13.8 Å². The summed E-state index contributed by atoms with van der Waals surface area (Å²) in [6.45, 7) is 5.10. The van der Waals surface area contributed by atoms with Gasteiger partial charge in [-0.15, -0.1) is 18.2 Å². The highest BCUT2D eigenvalue weighted by atomic mass is 32.2. The molecule has 0 spiro atoms. The van der Waals surface area contributed by atoms with Crippen molar-refractivity contribution in [1.82, 2.24) is 5.32 Å². The predicted octanol–water partition coefficient (Wildman–Crippen LogP) is 1.28. The molecule has 0 amide bonds. The van der Waals surface area contributed by atoms with E-state index in [0.717, 1.165) is 18.1 Å². The highest BCUT2D eigenvalue weighted by Gasteiger charge is 2.08. The van der Waals surface area contributed by atoms with E-state index < -0.39 is 0 Å². The number of thioether (sulfide) groups is 1. The van der Waals surface area contributed by atoms with Crippen molar-refractivity contribution in [2.75, 3.05) is 24.7 Å². The Kier molecular flexibility index (Phi) is 9.44. The molecule has 1 N–H and O–H groups in total. The highest BCUT2D eigenvalue weighted by molar-refractivity contribution is 7.99. The zero-order chi connectivity index (χ0) is 11.5. The van der Waals surface area contributed by atoms with Crippen molar-refractivity contribution in [1.29, 1.82) is 0 Å². The van der Waals surface area contributed by atoms with E-state index in [4.69, 9.17) is 11.2 Å². The lowest BCUT2D eigenvalue weighted by atomic mass is 10.2. The van der Waals surface area contributed by atoms with Crippen LogP contribution in [0.1, 0.15) is 20.3 Å². The lowest BCUT2D eigenvalue weighted by Gasteiger charge is -2.12. The van der Waals surface area contributed by atoms with E-state index in [2.05, 4.69) is 11.2 Å². The molecule has 0 saturated carbocycles. The molecular formula is C11H19NO2S. The standard InChI is InChI=1S/C11H19NO2S/c1-4-7-15-8-6-12-10(3)9-11(13)14-5-2/h1,10,12H,5-9H2,2-3H3. The summed E-state index contributed by atoms with van der Waals surface area (Å²) in [5.74, 6) is 4.13. The van der Waals surface area contributed by atoms with Crippen LogP contribution in [0.3, 0.4) is 0 Å². The number of hydrogen-bond acceptors (Lipinski definition) is 4. The molecule has 0 aliphatic rings. The minimum absolute atomic E-state index is 0.145. The van der Waals surface area contributed by atoms with Gasteiger partial charge in [-0.2, -0.15) is 0 Å². The summed E-state index contributed by atoms with van der Waals surface area (Å²) < 4.78 is 4.85. The summed E-state index contributed by atoms with van der Waals surface area (Å²) in [5, 5.41) is 3.24. The zero-order valence-electron chi connectivity index (χ0n) is 9.41. The van der Waals surface area contributed by atoms with Gasteiger partial charge in [-0.25, -0.2) is 0 Å². The Morgan fingerprint density at radius 3 is 3.00 bits per heavy atom. The lowest BCUT2D eigenvalue weighted by Crippen LogP contribution is -2.31. The van der Waals surface area contributed by atoms with Gasteiger partial charge in [0.15, 0.2) is 0 Å². The van der Waals surface area contributed by atoms with Gasteiger partial charge in [-0.3, -0.25) is 4.79 Å². The van der Waals surface area contributed by atoms with Gasteiger partial charge in [-0.05, 0) is 13.8 Å². The van der Waals surface area contributed by atoms with Crippen molar-refractivity contribution < 1.29 is 9.53 Å². The molecule has 4 heteroatoms. The smallest absolute Gasteiger partial charge is 0.307 e. The number of ether oxygens (including phenoxy) is 1. The van der Waals surface area contributed by atoms with Crippen molar-refractivity contribution in [3.8, 4) is 12.3 Å². The number of nitrogens with one attached hydrogen (secondary N) is 1. The maximum Gasteiger partial charge on any atom is 0.307 e. The zero-order valence-corrected chi connectivity index (χ0v) is 10.2. The third-order valence-electron chi connectivity index (χ3n) is 1.70. The van der Waals surface area contributed by atoms with E-state index in [1.165, 1.54) is 0 Å². The van der Waals surface area contributed by atoms with E-state index in [1.54, 1.807) is 11.8 Å². The first kappa shape index (κ1) is 14.3. The van der Waals surface area contributed by atoms with Crippen LogP contribution in [0.15, 0.2) is 0 Å². The van der Waals surface area contributed by atoms with Gasteiger partial charge < -0.3 is 10.1 Å². The topological polar surface area (TPSA) is 38.3 Å². The van der Waals surface area contributed by atoms with E-state index in [9.17, 15) is 4.79 Å². The molecule has 0 rings (SSSR count). The van der Waals surface area contributed by atoms with E-state index >= 15 is 0 Å². The molecule has 0 aromatic heterocycles. The SMILES string of the molecule is C#CCSCCNC(C)CC(=O)OCC. The quantitative estimate of drug-likeness (QED) is 0.387. The Labute approximate surface area is 96.3 Å². The minimum Gasteiger partial charge on any atom is -0.466 e. The second kappa shape index (κ2) is 9.88. The third-order valence-corrected chi connectivity index (χ3v) is 2.57. The summed E-state index contributed by atoms with van der Waals surface area (Å²) in [6, 6.07) is 0.162. The van der Waals surface area contributed by atoms with Gasteiger partial charge in [0.05, 0.1) is 18.8 Å². The predicted molar refractivity (Wildman–Crippen MR) is 64.9 cm³/mol. The van der Waals surface area contributed by atoms with Crippen molar-refractivity contribution >= 4 is 17.7 Å². The normalized spacial score (nSPS) is 11.8. The molecule has 0 aliphatic heterocycles. The molecule has 1 atom stereocenters.